The Kier molecular flexibility index (Phi) is 5.99. The van der Waals surface area contributed by atoms with Gasteiger partial charge in [-0.05, 0) is 24.6 Å². The average Bonchev–Trinajstić information content (AvgIpc) is 3.29. The number of hydrogen-bond acceptors (Lipinski definition) is 6. The van der Waals surface area contributed by atoms with Crippen LogP contribution in [0, 0.1) is 0 Å². The summed E-state index contributed by atoms with van der Waals surface area (Å²) in [6, 6.07) is 16.5. The molecule has 0 saturated heterocycles. The minimum absolute atomic E-state index is 0.207. The second kappa shape index (κ2) is 9.01. The maximum atomic E-state index is 12.9. The first kappa shape index (κ1) is 20.6. The highest BCUT2D eigenvalue weighted by Gasteiger charge is 2.35. The molecular weight excluding hydrogens is 396 g/mol. The van der Waals surface area contributed by atoms with E-state index >= 15 is 0 Å². The number of benzene rings is 2. The van der Waals surface area contributed by atoms with Crippen molar-refractivity contribution >= 4 is 11.6 Å². The van der Waals surface area contributed by atoms with E-state index in [9.17, 15) is 4.79 Å². The van der Waals surface area contributed by atoms with Crippen molar-refractivity contribution in [1.82, 2.24) is 20.4 Å². The number of carbonyl (C=O) groups excluding carboxylic acids is 1. The number of carbonyl (C=O) groups is 1. The van der Waals surface area contributed by atoms with Crippen molar-refractivity contribution < 1.29 is 18.8 Å². The summed E-state index contributed by atoms with van der Waals surface area (Å²) >= 11 is 0. The summed E-state index contributed by atoms with van der Waals surface area (Å²) in [5, 5.41) is 7.22. The van der Waals surface area contributed by atoms with Crippen LogP contribution in [0.15, 0.2) is 64.8 Å². The Hall–Kier alpha value is -3.65. The third-order valence-corrected chi connectivity index (χ3v) is 5.25. The van der Waals surface area contributed by atoms with Crippen molar-refractivity contribution in [1.29, 1.82) is 0 Å². The van der Waals surface area contributed by atoms with Gasteiger partial charge >= 0.3 is 6.03 Å². The van der Waals surface area contributed by atoms with E-state index in [-0.39, 0.29) is 6.03 Å². The van der Waals surface area contributed by atoms with E-state index in [0.29, 0.717) is 24.9 Å². The number of ether oxygens (including phenoxy) is 2. The number of aromatic nitrogens is 2. The summed E-state index contributed by atoms with van der Waals surface area (Å²) in [6.07, 6.45) is 0. The third kappa shape index (κ3) is 4.15. The maximum Gasteiger partial charge on any atom is 0.322 e. The van der Waals surface area contributed by atoms with Gasteiger partial charge in [0.2, 0.25) is 5.82 Å². The highest BCUT2D eigenvalue weighted by molar-refractivity contribution is 5.86. The van der Waals surface area contributed by atoms with Crippen LogP contribution in [0.1, 0.15) is 24.4 Å². The molecule has 0 fully saturated rings. The minimum atomic E-state index is -0.443. The van der Waals surface area contributed by atoms with Gasteiger partial charge in [-0.15, -0.1) is 0 Å². The Morgan fingerprint density at radius 3 is 2.52 bits per heavy atom. The lowest BCUT2D eigenvalue weighted by molar-refractivity contribution is 0.158. The van der Waals surface area contributed by atoms with Crippen LogP contribution in [0.5, 0.6) is 5.75 Å². The molecule has 1 atom stereocenters. The number of allylic oxidation sites excluding steroid dienone is 1. The van der Waals surface area contributed by atoms with Gasteiger partial charge in [-0.25, -0.2) is 4.79 Å². The summed E-state index contributed by atoms with van der Waals surface area (Å²) in [4.78, 5) is 19.1. The summed E-state index contributed by atoms with van der Waals surface area (Å²) in [7, 11) is 3.22. The number of amides is 2. The molecule has 1 aliphatic heterocycles. The first-order chi connectivity index (χ1) is 15.1. The van der Waals surface area contributed by atoms with Gasteiger partial charge in [-0.3, -0.25) is 4.90 Å². The molecule has 2 aromatic carbocycles. The summed E-state index contributed by atoms with van der Waals surface area (Å²) in [5.41, 5.74) is 3.22. The molecule has 0 radical (unpaired) electrons. The van der Waals surface area contributed by atoms with Crippen LogP contribution in [0.4, 0.5) is 4.79 Å². The number of rotatable bonds is 7. The zero-order valence-electron chi connectivity index (χ0n) is 17.7. The summed E-state index contributed by atoms with van der Waals surface area (Å²) < 4.78 is 16.1. The predicted molar refractivity (Wildman–Crippen MR) is 115 cm³/mol. The Balaban J connectivity index is 1.78. The standard InChI is InChI=1S/C23H24N4O4/c1-15-19(22-25-21(26-31-22)17-7-5-4-6-8-17)20(16-9-11-18(30-3)12-10-16)24-23(28)27(15)13-14-29-2/h4-12,20H,13-14H2,1-3H3,(H,24,28). The van der Waals surface area contributed by atoms with E-state index in [1.807, 2.05) is 61.5 Å². The van der Waals surface area contributed by atoms with Gasteiger partial charge in [0.1, 0.15) is 5.75 Å². The monoisotopic (exact) mass is 420 g/mol. The Morgan fingerprint density at radius 2 is 1.84 bits per heavy atom. The van der Waals surface area contributed by atoms with Gasteiger partial charge in [-0.2, -0.15) is 4.98 Å². The molecule has 1 N–H and O–H groups in total. The first-order valence-corrected chi connectivity index (χ1v) is 9.93. The minimum Gasteiger partial charge on any atom is -0.497 e. The van der Waals surface area contributed by atoms with Gasteiger partial charge < -0.3 is 19.3 Å². The number of urea groups is 1. The SMILES string of the molecule is COCCN1C(=O)NC(c2ccc(OC)cc2)C(c2nc(-c3ccccc3)no2)=C1C. The van der Waals surface area contributed by atoms with Crippen LogP contribution < -0.4 is 10.1 Å². The van der Waals surface area contributed by atoms with Crippen molar-refractivity contribution in [3.05, 3.63) is 71.7 Å². The average molecular weight is 420 g/mol. The molecule has 2 amide bonds. The maximum absolute atomic E-state index is 12.9. The van der Waals surface area contributed by atoms with Gasteiger partial charge in [0, 0.05) is 18.4 Å². The Morgan fingerprint density at radius 1 is 1.10 bits per heavy atom. The van der Waals surface area contributed by atoms with E-state index in [1.54, 1.807) is 19.1 Å². The second-order valence-electron chi connectivity index (χ2n) is 7.09. The number of hydrogen-bond donors (Lipinski definition) is 1. The molecule has 8 heteroatoms. The molecule has 1 aromatic heterocycles. The van der Waals surface area contributed by atoms with Crippen LogP contribution in [0.3, 0.4) is 0 Å². The van der Waals surface area contributed by atoms with Crippen LogP contribution in [0.25, 0.3) is 17.0 Å². The number of nitrogens with one attached hydrogen (secondary N) is 1. The second-order valence-corrected chi connectivity index (χ2v) is 7.09. The molecule has 3 aromatic rings. The molecule has 2 heterocycles. The number of nitrogens with zero attached hydrogens (tertiary/aromatic N) is 3. The molecular formula is C23H24N4O4. The molecule has 1 unspecified atom stereocenters. The van der Waals surface area contributed by atoms with Crippen molar-refractivity contribution in [3.8, 4) is 17.1 Å². The van der Waals surface area contributed by atoms with Gasteiger partial charge in [0.05, 0.1) is 31.9 Å². The zero-order valence-corrected chi connectivity index (χ0v) is 17.7. The van der Waals surface area contributed by atoms with Gasteiger partial charge in [0.15, 0.2) is 0 Å². The topological polar surface area (TPSA) is 89.7 Å². The van der Waals surface area contributed by atoms with Crippen LogP contribution in [-0.4, -0.2) is 48.4 Å². The first-order valence-electron chi connectivity index (χ1n) is 9.93. The highest BCUT2D eigenvalue weighted by atomic mass is 16.5. The molecule has 4 rings (SSSR count). The van der Waals surface area contributed by atoms with Crippen molar-refractivity contribution in [2.24, 2.45) is 0 Å². The van der Waals surface area contributed by atoms with Crippen molar-refractivity contribution in [3.63, 3.8) is 0 Å². The zero-order chi connectivity index (χ0) is 21.8. The van der Waals surface area contributed by atoms with E-state index in [4.69, 9.17) is 14.0 Å². The van der Waals surface area contributed by atoms with Crippen LogP contribution >= 0.6 is 0 Å². The molecule has 1 aliphatic rings. The molecule has 0 spiro atoms. The van der Waals surface area contributed by atoms with E-state index in [2.05, 4.69) is 15.5 Å². The van der Waals surface area contributed by atoms with Crippen LogP contribution in [-0.2, 0) is 4.74 Å². The normalized spacial score (nSPS) is 16.4. The lowest BCUT2D eigenvalue weighted by atomic mass is 9.94. The fraction of sp³-hybridized carbons (Fsp3) is 0.261. The Labute approximate surface area is 180 Å². The molecule has 0 aliphatic carbocycles. The lowest BCUT2D eigenvalue weighted by Crippen LogP contribution is -2.47. The van der Waals surface area contributed by atoms with Gasteiger partial charge in [-0.1, -0.05) is 47.6 Å². The fourth-order valence-electron chi connectivity index (χ4n) is 3.59. The molecule has 31 heavy (non-hydrogen) atoms. The molecule has 160 valence electrons. The van der Waals surface area contributed by atoms with Crippen molar-refractivity contribution in [2.75, 3.05) is 27.4 Å². The Bertz CT molecular complexity index is 1080. The van der Waals surface area contributed by atoms with E-state index < -0.39 is 6.04 Å². The van der Waals surface area contributed by atoms with Crippen LogP contribution in [0.2, 0.25) is 0 Å². The van der Waals surface area contributed by atoms with E-state index in [1.165, 1.54) is 0 Å². The smallest absolute Gasteiger partial charge is 0.322 e. The lowest BCUT2D eigenvalue weighted by Gasteiger charge is -2.35. The number of methoxy groups -OCH3 is 2. The quantitative estimate of drug-likeness (QED) is 0.624. The molecule has 8 nitrogen and oxygen atoms in total. The summed E-state index contributed by atoms with van der Waals surface area (Å²) in [6.45, 7) is 2.70. The van der Waals surface area contributed by atoms with Crippen molar-refractivity contribution in [2.45, 2.75) is 13.0 Å². The molecule has 0 saturated carbocycles. The summed E-state index contributed by atoms with van der Waals surface area (Å²) in [5.74, 6) is 1.59. The third-order valence-electron chi connectivity index (χ3n) is 5.25. The van der Waals surface area contributed by atoms with E-state index in [0.717, 1.165) is 28.1 Å². The predicted octanol–water partition coefficient (Wildman–Crippen LogP) is 3.89. The highest BCUT2D eigenvalue weighted by Crippen LogP contribution is 2.37. The largest absolute Gasteiger partial charge is 0.497 e. The molecule has 0 bridgehead atoms. The van der Waals surface area contributed by atoms with Gasteiger partial charge in [0.25, 0.3) is 5.89 Å². The fourth-order valence-corrected chi connectivity index (χ4v) is 3.59.